The first-order valence-electron chi connectivity index (χ1n) is 12.3. The Hall–Kier alpha value is -4.78. The van der Waals surface area contributed by atoms with Crippen molar-refractivity contribution in [2.24, 2.45) is 11.1 Å². The fraction of sp³-hybridized carbons (Fsp3) is 0.250. The predicted molar refractivity (Wildman–Crippen MR) is 154 cm³/mol. The first-order chi connectivity index (χ1) is 19.1. The van der Waals surface area contributed by atoms with Gasteiger partial charge >= 0.3 is 16.1 Å². The Labute approximate surface area is 237 Å². The molecule has 41 heavy (non-hydrogen) atoms. The van der Waals surface area contributed by atoms with Crippen molar-refractivity contribution < 1.29 is 31.7 Å². The molecule has 0 spiro atoms. The maximum absolute atomic E-state index is 13.4. The number of ether oxygens (including phenoxy) is 1. The molecule has 0 aliphatic rings. The Bertz CT molecular complexity index is 1610. The highest BCUT2D eigenvalue weighted by molar-refractivity contribution is 7.86. The van der Waals surface area contributed by atoms with Crippen LogP contribution in [0.15, 0.2) is 54.6 Å². The summed E-state index contributed by atoms with van der Waals surface area (Å²) in [7, 11) is -2.84. The molecule has 0 saturated carbocycles. The molecule has 3 aromatic rings. The zero-order valence-corrected chi connectivity index (χ0v) is 24.0. The van der Waals surface area contributed by atoms with Gasteiger partial charge in [-0.25, -0.2) is 9.78 Å². The molecule has 3 rings (SSSR count). The van der Waals surface area contributed by atoms with Crippen molar-refractivity contribution in [3.8, 4) is 17.0 Å². The monoisotopic (exact) mass is 581 g/mol. The van der Waals surface area contributed by atoms with E-state index in [1.807, 2.05) is 20.8 Å². The van der Waals surface area contributed by atoms with Crippen LogP contribution in [-0.2, 0) is 14.3 Å². The van der Waals surface area contributed by atoms with Gasteiger partial charge in [0.25, 0.3) is 11.8 Å². The number of carbonyl (C=O) groups excluding carboxylic acids is 3. The molecule has 0 atom stereocenters. The molecule has 2 amide bonds. The smallest absolute Gasteiger partial charge is 0.354 e. The largest absolute Gasteiger partial charge is 0.481 e. The maximum atomic E-state index is 13.4. The number of aromatic nitrogens is 1. The van der Waals surface area contributed by atoms with E-state index in [4.69, 9.17) is 15.9 Å². The lowest BCUT2D eigenvalue weighted by molar-refractivity contribution is 0.0748. The molecule has 0 aliphatic heterocycles. The number of amidine groups is 1. The molecule has 0 saturated heterocycles. The SMILES string of the molecule is COc1ccc(-c2ccc(C(=O)NCC(C)(C)C)cc2C(=O)OS(C)(=O)=O)c(C(=O)Nc2ccc(C(=N)N)cc2)n1. The van der Waals surface area contributed by atoms with Gasteiger partial charge in [0, 0.05) is 35.0 Å². The van der Waals surface area contributed by atoms with E-state index in [0.717, 1.165) is 6.26 Å². The number of pyridine rings is 1. The van der Waals surface area contributed by atoms with E-state index < -0.39 is 27.9 Å². The molecule has 0 aliphatic carbocycles. The quantitative estimate of drug-likeness (QED) is 0.167. The first kappa shape index (κ1) is 30.8. The lowest BCUT2D eigenvalue weighted by Crippen LogP contribution is -2.32. The maximum Gasteiger partial charge on any atom is 0.354 e. The Balaban J connectivity index is 2.11. The Kier molecular flexibility index (Phi) is 9.13. The number of nitrogens with zero attached hydrogens (tertiary/aromatic N) is 1. The molecule has 13 heteroatoms. The number of carbonyl (C=O) groups is 3. The van der Waals surface area contributed by atoms with Gasteiger partial charge in [-0.3, -0.25) is 15.0 Å². The molecule has 1 aromatic heterocycles. The molecular formula is C28H31N5O7S. The highest BCUT2D eigenvalue weighted by Crippen LogP contribution is 2.31. The number of rotatable bonds is 9. The predicted octanol–water partition coefficient (Wildman–Crippen LogP) is 3.19. The van der Waals surface area contributed by atoms with E-state index in [-0.39, 0.29) is 45.1 Å². The Morgan fingerprint density at radius 1 is 0.951 bits per heavy atom. The third kappa shape index (κ3) is 8.35. The number of hydrogen-bond acceptors (Lipinski definition) is 9. The van der Waals surface area contributed by atoms with E-state index in [2.05, 4.69) is 19.8 Å². The molecular weight excluding hydrogens is 550 g/mol. The van der Waals surface area contributed by atoms with Gasteiger partial charge in [0.05, 0.1) is 18.9 Å². The normalized spacial score (nSPS) is 11.3. The van der Waals surface area contributed by atoms with Gasteiger partial charge in [-0.1, -0.05) is 26.8 Å². The van der Waals surface area contributed by atoms with E-state index in [1.54, 1.807) is 24.3 Å². The molecule has 0 unspecified atom stereocenters. The molecule has 0 fully saturated rings. The lowest BCUT2D eigenvalue weighted by Gasteiger charge is -2.19. The van der Waals surface area contributed by atoms with Crippen LogP contribution < -0.4 is 21.1 Å². The number of anilines is 1. The minimum Gasteiger partial charge on any atom is -0.481 e. The van der Waals surface area contributed by atoms with Crippen molar-refractivity contribution in [3.05, 3.63) is 77.0 Å². The van der Waals surface area contributed by atoms with Gasteiger partial charge in [0.1, 0.15) is 11.5 Å². The second kappa shape index (κ2) is 12.2. The summed E-state index contributed by atoms with van der Waals surface area (Å²) in [6.07, 6.45) is 0.718. The summed E-state index contributed by atoms with van der Waals surface area (Å²) in [5.74, 6) is -2.44. The number of nitrogens with one attached hydrogen (secondary N) is 3. The summed E-state index contributed by atoms with van der Waals surface area (Å²) in [5.41, 5.74) is 6.00. The minimum atomic E-state index is -4.21. The summed E-state index contributed by atoms with van der Waals surface area (Å²) >= 11 is 0. The Morgan fingerprint density at radius 2 is 1.56 bits per heavy atom. The van der Waals surface area contributed by atoms with E-state index in [0.29, 0.717) is 17.8 Å². The van der Waals surface area contributed by atoms with Crippen LogP contribution in [0, 0.1) is 10.8 Å². The van der Waals surface area contributed by atoms with Crippen LogP contribution in [0.1, 0.15) is 57.5 Å². The second-order valence-corrected chi connectivity index (χ2v) is 11.8. The van der Waals surface area contributed by atoms with E-state index in [1.165, 1.54) is 37.4 Å². The lowest BCUT2D eigenvalue weighted by atomic mass is 9.95. The van der Waals surface area contributed by atoms with Gasteiger partial charge in [-0.15, -0.1) is 0 Å². The van der Waals surface area contributed by atoms with Crippen LogP contribution in [0.5, 0.6) is 5.88 Å². The van der Waals surface area contributed by atoms with Crippen LogP contribution >= 0.6 is 0 Å². The highest BCUT2D eigenvalue weighted by atomic mass is 32.2. The average Bonchev–Trinajstić information content (AvgIpc) is 2.90. The zero-order valence-electron chi connectivity index (χ0n) is 23.2. The molecule has 5 N–H and O–H groups in total. The van der Waals surface area contributed by atoms with Crippen molar-refractivity contribution in [2.45, 2.75) is 20.8 Å². The standard InChI is InChI=1S/C28H31N5O7S/c1-28(2,3)15-31-25(34)17-8-11-19(21(14-17)27(36)40-41(5,37)38)20-12-13-22(39-4)33-23(20)26(35)32-18-9-6-16(7-10-18)24(29)30/h6-14H,15H2,1-5H3,(H3,29,30)(H,31,34)(H,32,35). The van der Waals surface area contributed by atoms with E-state index >= 15 is 0 Å². The highest BCUT2D eigenvalue weighted by Gasteiger charge is 2.25. The minimum absolute atomic E-state index is 0.0801. The molecule has 2 aromatic carbocycles. The van der Waals surface area contributed by atoms with Gasteiger partial charge in [-0.2, -0.15) is 8.42 Å². The van der Waals surface area contributed by atoms with Crippen molar-refractivity contribution in [1.29, 1.82) is 5.41 Å². The molecule has 1 heterocycles. The van der Waals surface area contributed by atoms with E-state index in [9.17, 15) is 22.8 Å². The summed E-state index contributed by atoms with van der Waals surface area (Å²) in [6.45, 7) is 6.15. The number of benzene rings is 2. The van der Waals surface area contributed by atoms with Crippen molar-refractivity contribution in [1.82, 2.24) is 10.3 Å². The zero-order chi connectivity index (χ0) is 30.5. The number of methoxy groups -OCH3 is 1. The van der Waals surface area contributed by atoms with Gasteiger partial charge in [0.2, 0.25) is 5.88 Å². The van der Waals surface area contributed by atoms with Gasteiger partial charge < -0.3 is 25.3 Å². The summed E-state index contributed by atoms with van der Waals surface area (Å²) in [5, 5.41) is 13.0. The van der Waals surface area contributed by atoms with Crippen LogP contribution in [0.25, 0.3) is 11.1 Å². The van der Waals surface area contributed by atoms with Crippen LogP contribution in [-0.4, -0.2) is 56.9 Å². The van der Waals surface area contributed by atoms with Gasteiger partial charge in [-0.05, 0) is 53.4 Å². The molecule has 12 nitrogen and oxygen atoms in total. The van der Waals surface area contributed by atoms with Crippen molar-refractivity contribution in [2.75, 3.05) is 25.2 Å². The van der Waals surface area contributed by atoms with Crippen molar-refractivity contribution >= 4 is 39.4 Å². The molecule has 0 bridgehead atoms. The van der Waals surface area contributed by atoms with Crippen LogP contribution in [0.2, 0.25) is 0 Å². The first-order valence-corrected chi connectivity index (χ1v) is 14.1. The fourth-order valence-corrected chi connectivity index (χ4v) is 3.95. The third-order valence-electron chi connectivity index (χ3n) is 5.55. The third-order valence-corrected chi connectivity index (χ3v) is 6.00. The van der Waals surface area contributed by atoms with Crippen LogP contribution in [0.3, 0.4) is 0 Å². The van der Waals surface area contributed by atoms with Crippen LogP contribution in [0.4, 0.5) is 5.69 Å². The number of nitrogen functional groups attached to an aromatic ring is 1. The summed E-state index contributed by atoms with van der Waals surface area (Å²) in [4.78, 5) is 43.5. The molecule has 0 radical (unpaired) electrons. The fourth-order valence-electron chi connectivity index (χ4n) is 3.59. The van der Waals surface area contributed by atoms with Gasteiger partial charge in [0.15, 0.2) is 0 Å². The topological polar surface area (TPSA) is 191 Å². The number of nitrogens with two attached hydrogens (primary N) is 1. The Morgan fingerprint density at radius 3 is 2.12 bits per heavy atom. The summed E-state index contributed by atoms with van der Waals surface area (Å²) < 4.78 is 33.4. The summed E-state index contributed by atoms with van der Waals surface area (Å²) in [6, 6.07) is 13.2. The average molecular weight is 582 g/mol. The van der Waals surface area contributed by atoms with Crippen molar-refractivity contribution in [3.63, 3.8) is 0 Å². The number of hydrogen-bond donors (Lipinski definition) is 4. The molecule has 216 valence electrons. The number of amides is 2. The second-order valence-electron chi connectivity index (χ2n) is 10.3.